The van der Waals surface area contributed by atoms with Crippen LogP contribution in [0.5, 0.6) is 0 Å². The van der Waals surface area contributed by atoms with Crippen molar-refractivity contribution in [1.29, 1.82) is 0 Å². The molecule has 0 aromatic heterocycles. The molecule has 0 saturated carbocycles. The number of nitrogens with two attached hydrogens (primary N) is 1. The predicted octanol–water partition coefficient (Wildman–Crippen LogP) is 2.18. The largest absolute Gasteiger partial charge is 0.356 e. The Morgan fingerprint density at radius 2 is 1.86 bits per heavy atom. The van der Waals surface area contributed by atoms with Gasteiger partial charge in [-0.25, -0.2) is 8.42 Å². The minimum atomic E-state index is -3.55. The summed E-state index contributed by atoms with van der Waals surface area (Å²) >= 11 is 6.25. The lowest BCUT2D eigenvalue weighted by Crippen LogP contribution is -2.47. The van der Waals surface area contributed by atoms with Crippen LogP contribution in [0.25, 0.3) is 0 Å². The van der Waals surface area contributed by atoms with E-state index in [9.17, 15) is 18.0 Å². The lowest BCUT2D eigenvalue weighted by atomic mass is 10.1. The molecule has 1 heterocycles. The molecule has 0 radical (unpaired) electrons. The molecule has 0 unspecified atom stereocenters. The monoisotopic (exact) mass is 529 g/mol. The van der Waals surface area contributed by atoms with E-state index in [1.807, 2.05) is 0 Å². The standard InChI is InChI=1S/C24H40ClN5O4S/c1-18(2)28-12-7-13-30(35(4,33)34)23-16-21(25)10-9-20(23)17-29(15-14-28)24(32)22(26)8-5-6-11-27-19(3)31/h9-10,16,18,22H,5-8,11-15,17,26H2,1-4H3,(H,27,31)/t22-/m0/s1. The zero-order chi connectivity index (χ0) is 26.2. The third-order valence-electron chi connectivity index (χ3n) is 6.22. The first-order valence-electron chi connectivity index (χ1n) is 12.2. The number of halogens is 1. The zero-order valence-corrected chi connectivity index (χ0v) is 22.9. The van der Waals surface area contributed by atoms with Gasteiger partial charge >= 0.3 is 0 Å². The van der Waals surface area contributed by atoms with Gasteiger partial charge in [0.05, 0.1) is 18.0 Å². The molecule has 2 amide bonds. The summed E-state index contributed by atoms with van der Waals surface area (Å²) in [5.41, 5.74) is 7.51. The highest BCUT2D eigenvalue weighted by Gasteiger charge is 2.27. The molecule has 1 aromatic carbocycles. The Kier molecular flexibility index (Phi) is 11.3. The molecule has 0 fully saturated rings. The van der Waals surface area contributed by atoms with Gasteiger partial charge in [-0.05, 0) is 57.2 Å². The molecule has 0 saturated heterocycles. The van der Waals surface area contributed by atoms with E-state index < -0.39 is 16.1 Å². The van der Waals surface area contributed by atoms with E-state index in [-0.39, 0.29) is 24.4 Å². The molecule has 1 aromatic rings. The topological polar surface area (TPSA) is 116 Å². The van der Waals surface area contributed by atoms with Crippen molar-refractivity contribution < 1.29 is 18.0 Å². The van der Waals surface area contributed by atoms with E-state index in [0.717, 1.165) is 6.42 Å². The van der Waals surface area contributed by atoms with Crippen LogP contribution in [0.2, 0.25) is 5.02 Å². The summed E-state index contributed by atoms with van der Waals surface area (Å²) in [4.78, 5) is 28.4. The molecule has 1 atom stereocenters. The normalized spacial score (nSPS) is 17.0. The number of benzene rings is 1. The minimum Gasteiger partial charge on any atom is -0.356 e. The quantitative estimate of drug-likeness (QED) is 0.499. The smallest absolute Gasteiger partial charge is 0.239 e. The number of nitrogens with zero attached hydrogens (tertiary/aromatic N) is 3. The van der Waals surface area contributed by atoms with Gasteiger partial charge in [0.2, 0.25) is 21.8 Å². The van der Waals surface area contributed by atoms with Crippen molar-refractivity contribution in [1.82, 2.24) is 15.1 Å². The molecule has 2 rings (SSSR count). The first-order valence-corrected chi connectivity index (χ1v) is 14.4. The Hall–Kier alpha value is -1.88. The van der Waals surface area contributed by atoms with Crippen LogP contribution in [0.15, 0.2) is 18.2 Å². The summed E-state index contributed by atoms with van der Waals surface area (Å²) in [6.45, 7) is 8.64. The maximum Gasteiger partial charge on any atom is 0.239 e. The molecule has 3 N–H and O–H groups in total. The first-order chi connectivity index (χ1) is 16.4. The van der Waals surface area contributed by atoms with E-state index in [1.54, 1.807) is 23.1 Å². The van der Waals surface area contributed by atoms with Crippen molar-refractivity contribution in [2.75, 3.05) is 43.3 Å². The number of nitrogens with one attached hydrogen (secondary N) is 1. The van der Waals surface area contributed by atoms with Gasteiger partial charge in [-0.2, -0.15) is 0 Å². The van der Waals surface area contributed by atoms with E-state index in [0.29, 0.717) is 68.3 Å². The average molecular weight is 530 g/mol. The van der Waals surface area contributed by atoms with Crippen LogP contribution >= 0.6 is 11.6 Å². The maximum atomic E-state index is 13.4. The van der Waals surface area contributed by atoms with Crippen molar-refractivity contribution in [3.8, 4) is 0 Å². The highest BCUT2D eigenvalue weighted by molar-refractivity contribution is 7.92. The second kappa shape index (κ2) is 13.4. The minimum absolute atomic E-state index is 0.0782. The second-order valence-corrected chi connectivity index (χ2v) is 11.8. The molecule has 9 nitrogen and oxygen atoms in total. The number of carbonyl (C=O) groups excluding carboxylic acids is 2. The SMILES string of the molecule is CC(=O)NCCCC[C@H](N)C(=O)N1CCN(C(C)C)CCCN(S(C)(=O)=O)c2cc(Cl)ccc2C1. The highest BCUT2D eigenvalue weighted by atomic mass is 35.5. The highest BCUT2D eigenvalue weighted by Crippen LogP contribution is 2.29. The number of hydrogen-bond donors (Lipinski definition) is 2. The van der Waals surface area contributed by atoms with Crippen molar-refractivity contribution in [3.63, 3.8) is 0 Å². The second-order valence-electron chi connectivity index (χ2n) is 9.44. The molecule has 0 spiro atoms. The molecule has 198 valence electrons. The summed E-state index contributed by atoms with van der Waals surface area (Å²) in [6.07, 6.45) is 3.81. The summed E-state index contributed by atoms with van der Waals surface area (Å²) in [5, 5.41) is 3.18. The fourth-order valence-corrected chi connectivity index (χ4v) is 5.40. The lowest BCUT2D eigenvalue weighted by Gasteiger charge is -2.31. The van der Waals surface area contributed by atoms with Gasteiger partial charge in [-0.3, -0.25) is 18.8 Å². The Bertz CT molecular complexity index is 973. The maximum absolute atomic E-state index is 13.4. The molecular formula is C24H40ClN5O4S. The summed E-state index contributed by atoms with van der Waals surface area (Å²) in [6, 6.07) is 4.73. The molecular weight excluding hydrogens is 490 g/mol. The van der Waals surface area contributed by atoms with Crippen LogP contribution in [-0.2, 0) is 26.2 Å². The van der Waals surface area contributed by atoms with Crippen LogP contribution in [0.1, 0.15) is 52.0 Å². The summed E-state index contributed by atoms with van der Waals surface area (Å²) in [7, 11) is -3.55. The van der Waals surface area contributed by atoms with E-state index in [2.05, 4.69) is 24.1 Å². The average Bonchev–Trinajstić information content (AvgIpc) is 2.79. The van der Waals surface area contributed by atoms with E-state index in [4.69, 9.17) is 17.3 Å². The molecule has 35 heavy (non-hydrogen) atoms. The number of unbranched alkanes of at least 4 members (excludes halogenated alkanes) is 1. The van der Waals surface area contributed by atoms with Crippen LogP contribution in [-0.4, -0.2) is 81.1 Å². The third kappa shape index (κ3) is 9.25. The van der Waals surface area contributed by atoms with Crippen LogP contribution in [0.4, 0.5) is 5.69 Å². The molecule has 11 heteroatoms. The van der Waals surface area contributed by atoms with E-state index >= 15 is 0 Å². The number of carbonyl (C=O) groups is 2. The van der Waals surface area contributed by atoms with Gasteiger partial charge in [-0.15, -0.1) is 0 Å². The molecule has 0 bridgehead atoms. The van der Waals surface area contributed by atoms with Crippen LogP contribution < -0.4 is 15.4 Å². The van der Waals surface area contributed by atoms with Crippen molar-refractivity contribution in [2.24, 2.45) is 5.73 Å². The Morgan fingerprint density at radius 1 is 1.14 bits per heavy atom. The lowest BCUT2D eigenvalue weighted by molar-refractivity contribution is -0.133. The van der Waals surface area contributed by atoms with Gasteiger partial charge in [0.15, 0.2) is 0 Å². The Morgan fingerprint density at radius 3 is 2.49 bits per heavy atom. The number of rotatable bonds is 8. The third-order valence-corrected chi connectivity index (χ3v) is 7.63. The number of amides is 2. The first kappa shape index (κ1) is 29.4. The molecule has 1 aliphatic rings. The number of anilines is 1. The number of sulfonamides is 1. The van der Waals surface area contributed by atoms with Gasteiger partial charge in [0.25, 0.3) is 0 Å². The Labute approximate surface area is 215 Å². The van der Waals surface area contributed by atoms with Gasteiger partial charge < -0.3 is 16.0 Å². The van der Waals surface area contributed by atoms with Crippen LogP contribution in [0.3, 0.4) is 0 Å². The van der Waals surface area contributed by atoms with Crippen molar-refractivity contribution in [3.05, 3.63) is 28.8 Å². The van der Waals surface area contributed by atoms with Crippen molar-refractivity contribution >= 4 is 39.1 Å². The number of fused-ring (bicyclic) bond motifs is 1. The fraction of sp³-hybridized carbons (Fsp3) is 0.667. The van der Waals surface area contributed by atoms with Gasteiger partial charge in [0.1, 0.15) is 0 Å². The molecule has 1 aliphatic heterocycles. The molecule has 0 aliphatic carbocycles. The van der Waals surface area contributed by atoms with Gasteiger partial charge in [-0.1, -0.05) is 17.7 Å². The number of hydrogen-bond acceptors (Lipinski definition) is 6. The predicted molar refractivity (Wildman–Crippen MR) is 141 cm³/mol. The summed E-state index contributed by atoms with van der Waals surface area (Å²) < 4.78 is 26.8. The van der Waals surface area contributed by atoms with Gasteiger partial charge in [0, 0.05) is 57.3 Å². The zero-order valence-electron chi connectivity index (χ0n) is 21.3. The summed E-state index contributed by atoms with van der Waals surface area (Å²) in [5.74, 6) is -0.246. The van der Waals surface area contributed by atoms with Crippen molar-refractivity contribution in [2.45, 2.75) is 65.1 Å². The Balaban J connectivity index is 2.30. The van der Waals surface area contributed by atoms with Crippen LogP contribution in [0, 0.1) is 0 Å². The fourth-order valence-electron chi connectivity index (χ4n) is 4.25. The van der Waals surface area contributed by atoms with E-state index in [1.165, 1.54) is 17.5 Å².